The van der Waals surface area contributed by atoms with Gasteiger partial charge in [0.05, 0.1) is 14.2 Å². The van der Waals surface area contributed by atoms with Gasteiger partial charge < -0.3 is 20.1 Å². The van der Waals surface area contributed by atoms with E-state index in [1.165, 1.54) is 18.2 Å². The lowest BCUT2D eigenvalue weighted by Crippen LogP contribution is -2.38. The Hall–Kier alpha value is -2.83. The Balaban J connectivity index is 1.58. The molecule has 0 saturated heterocycles. The van der Waals surface area contributed by atoms with E-state index in [1.807, 2.05) is 18.2 Å². The molecule has 2 N–H and O–H groups in total. The minimum Gasteiger partial charge on any atom is -0.493 e. The third kappa shape index (κ3) is 4.30. The number of nitrogens with zero attached hydrogens (tertiary/aromatic N) is 1. The summed E-state index contributed by atoms with van der Waals surface area (Å²) in [5, 5.41) is 6.42. The first kappa shape index (κ1) is 18.9. The highest BCUT2D eigenvalue weighted by Crippen LogP contribution is 2.43. The van der Waals surface area contributed by atoms with Gasteiger partial charge in [-0.2, -0.15) is 0 Å². The molecule has 0 amide bonds. The van der Waals surface area contributed by atoms with Crippen molar-refractivity contribution in [2.75, 3.05) is 21.3 Å². The van der Waals surface area contributed by atoms with Crippen molar-refractivity contribution in [1.82, 2.24) is 10.6 Å². The van der Waals surface area contributed by atoms with Gasteiger partial charge in [0.15, 0.2) is 17.5 Å². The van der Waals surface area contributed by atoms with E-state index in [9.17, 15) is 8.78 Å². The minimum atomic E-state index is -0.502. The zero-order valence-electron chi connectivity index (χ0n) is 15.6. The molecule has 2 aromatic rings. The Morgan fingerprint density at radius 3 is 2.44 bits per heavy atom. The van der Waals surface area contributed by atoms with E-state index in [1.54, 1.807) is 21.3 Å². The number of aliphatic imine (C=N–C) groups is 1. The molecule has 144 valence electrons. The topological polar surface area (TPSA) is 54.9 Å². The van der Waals surface area contributed by atoms with Crippen molar-refractivity contribution in [3.63, 3.8) is 0 Å². The molecule has 0 aliphatic heterocycles. The van der Waals surface area contributed by atoms with Crippen LogP contribution in [-0.4, -0.2) is 33.3 Å². The average Bonchev–Trinajstić information content (AvgIpc) is 3.43. The predicted molar refractivity (Wildman–Crippen MR) is 100 cm³/mol. The van der Waals surface area contributed by atoms with Gasteiger partial charge in [-0.1, -0.05) is 12.1 Å². The monoisotopic (exact) mass is 375 g/mol. The number of rotatable bonds is 6. The SMILES string of the molecule is CN=C(NCc1ccc(OC)c(OC)c1)NC1CC1c1c(F)cccc1F. The Morgan fingerprint density at radius 1 is 1.11 bits per heavy atom. The van der Waals surface area contributed by atoms with Crippen molar-refractivity contribution in [3.05, 3.63) is 59.2 Å². The zero-order chi connectivity index (χ0) is 19.4. The van der Waals surface area contributed by atoms with Crippen molar-refractivity contribution in [1.29, 1.82) is 0 Å². The van der Waals surface area contributed by atoms with Gasteiger partial charge in [0.25, 0.3) is 0 Å². The van der Waals surface area contributed by atoms with Gasteiger partial charge in [-0.15, -0.1) is 0 Å². The van der Waals surface area contributed by atoms with Crippen LogP contribution in [0.3, 0.4) is 0 Å². The summed E-state index contributed by atoms with van der Waals surface area (Å²) >= 11 is 0. The summed E-state index contributed by atoms with van der Waals surface area (Å²) in [6.07, 6.45) is 0.662. The number of guanidine groups is 1. The van der Waals surface area contributed by atoms with Crippen LogP contribution in [0.4, 0.5) is 8.78 Å². The molecule has 2 unspecified atom stereocenters. The average molecular weight is 375 g/mol. The second kappa shape index (κ2) is 8.24. The predicted octanol–water partition coefficient (Wildman–Crippen LogP) is 3.20. The second-order valence-corrected chi connectivity index (χ2v) is 6.34. The number of nitrogens with one attached hydrogen (secondary N) is 2. The van der Waals surface area contributed by atoms with Gasteiger partial charge in [-0.25, -0.2) is 8.78 Å². The van der Waals surface area contributed by atoms with E-state index in [0.717, 1.165) is 5.56 Å². The van der Waals surface area contributed by atoms with E-state index >= 15 is 0 Å². The molecule has 0 spiro atoms. The van der Waals surface area contributed by atoms with Gasteiger partial charge in [0.1, 0.15) is 11.6 Å². The molecular formula is C20H23F2N3O2. The van der Waals surface area contributed by atoms with Crippen molar-refractivity contribution in [2.45, 2.75) is 24.9 Å². The molecule has 7 heteroatoms. The smallest absolute Gasteiger partial charge is 0.191 e. The first-order valence-corrected chi connectivity index (χ1v) is 8.69. The van der Waals surface area contributed by atoms with Crippen LogP contribution < -0.4 is 20.1 Å². The molecule has 0 heterocycles. The lowest BCUT2D eigenvalue weighted by molar-refractivity contribution is 0.354. The summed E-state index contributed by atoms with van der Waals surface area (Å²) in [4.78, 5) is 4.18. The summed E-state index contributed by atoms with van der Waals surface area (Å²) in [6, 6.07) is 9.56. The fourth-order valence-electron chi connectivity index (χ4n) is 3.09. The van der Waals surface area contributed by atoms with Crippen LogP contribution in [0.2, 0.25) is 0 Å². The molecule has 2 atom stereocenters. The molecule has 0 bridgehead atoms. The highest BCUT2D eigenvalue weighted by Gasteiger charge is 2.42. The maximum absolute atomic E-state index is 13.9. The zero-order valence-corrected chi connectivity index (χ0v) is 15.6. The lowest BCUT2D eigenvalue weighted by Gasteiger charge is -2.14. The van der Waals surface area contributed by atoms with Crippen molar-refractivity contribution < 1.29 is 18.3 Å². The third-order valence-electron chi connectivity index (χ3n) is 4.61. The van der Waals surface area contributed by atoms with Gasteiger partial charge in [0.2, 0.25) is 0 Å². The summed E-state index contributed by atoms with van der Waals surface area (Å²) in [7, 11) is 4.83. The Kier molecular flexibility index (Phi) is 5.78. The quantitative estimate of drug-likeness (QED) is 0.601. The molecule has 5 nitrogen and oxygen atoms in total. The first-order chi connectivity index (χ1) is 13.1. The van der Waals surface area contributed by atoms with Crippen LogP contribution in [0.15, 0.2) is 41.4 Å². The van der Waals surface area contributed by atoms with Crippen LogP contribution in [-0.2, 0) is 6.54 Å². The van der Waals surface area contributed by atoms with Gasteiger partial charge in [0, 0.05) is 31.1 Å². The molecule has 27 heavy (non-hydrogen) atoms. The maximum Gasteiger partial charge on any atom is 0.191 e. The first-order valence-electron chi connectivity index (χ1n) is 8.69. The normalized spacial score (nSPS) is 18.8. The fourth-order valence-corrected chi connectivity index (χ4v) is 3.09. The molecular weight excluding hydrogens is 352 g/mol. The fraction of sp³-hybridized carbons (Fsp3) is 0.350. The van der Waals surface area contributed by atoms with Gasteiger partial charge >= 0.3 is 0 Å². The molecule has 3 rings (SSSR count). The van der Waals surface area contributed by atoms with E-state index in [-0.39, 0.29) is 17.5 Å². The molecule has 0 aromatic heterocycles. The van der Waals surface area contributed by atoms with Crippen molar-refractivity contribution in [3.8, 4) is 11.5 Å². The number of ether oxygens (including phenoxy) is 2. The molecule has 0 radical (unpaired) electrons. The molecule has 2 aromatic carbocycles. The van der Waals surface area contributed by atoms with E-state index in [2.05, 4.69) is 15.6 Å². The van der Waals surface area contributed by atoms with Crippen LogP contribution in [0.25, 0.3) is 0 Å². The number of hydrogen-bond acceptors (Lipinski definition) is 3. The van der Waals surface area contributed by atoms with E-state index in [0.29, 0.717) is 30.4 Å². The van der Waals surface area contributed by atoms with Crippen LogP contribution >= 0.6 is 0 Å². The Morgan fingerprint density at radius 2 is 1.81 bits per heavy atom. The molecule has 1 fully saturated rings. The maximum atomic E-state index is 13.9. The van der Waals surface area contributed by atoms with Crippen molar-refractivity contribution >= 4 is 5.96 Å². The minimum absolute atomic E-state index is 0.0481. The van der Waals surface area contributed by atoms with Crippen LogP contribution in [0.5, 0.6) is 11.5 Å². The Bertz CT molecular complexity index is 822. The summed E-state index contributed by atoms with van der Waals surface area (Å²) in [5.41, 5.74) is 1.13. The summed E-state index contributed by atoms with van der Waals surface area (Å²) in [5.74, 6) is 0.698. The largest absolute Gasteiger partial charge is 0.493 e. The third-order valence-corrected chi connectivity index (χ3v) is 4.61. The standard InChI is InChI=1S/C20H23F2N3O2/c1-23-20(24-11-12-7-8-17(26-2)18(9-12)27-3)25-16-10-13(16)19-14(21)5-4-6-15(19)22/h4-9,13,16H,10-11H2,1-3H3,(H2,23,24,25). The number of methoxy groups -OCH3 is 2. The Labute approximate surface area is 157 Å². The van der Waals surface area contributed by atoms with Crippen molar-refractivity contribution in [2.24, 2.45) is 4.99 Å². The molecule has 1 aliphatic rings. The number of benzene rings is 2. The number of hydrogen-bond donors (Lipinski definition) is 2. The summed E-state index contributed by atoms with van der Waals surface area (Å²) < 4.78 is 38.3. The molecule has 1 aliphatic carbocycles. The summed E-state index contributed by atoms with van der Waals surface area (Å²) in [6.45, 7) is 0.519. The molecule has 1 saturated carbocycles. The van der Waals surface area contributed by atoms with E-state index in [4.69, 9.17) is 9.47 Å². The lowest BCUT2D eigenvalue weighted by atomic mass is 10.1. The second-order valence-electron chi connectivity index (χ2n) is 6.34. The van der Waals surface area contributed by atoms with E-state index < -0.39 is 11.6 Å². The number of halogens is 2. The highest BCUT2D eigenvalue weighted by molar-refractivity contribution is 5.80. The van der Waals surface area contributed by atoms with Crippen LogP contribution in [0.1, 0.15) is 23.5 Å². The van der Waals surface area contributed by atoms with Crippen LogP contribution in [0, 0.1) is 11.6 Å². The van der Waals surface area contributed by atoms with Gasteiger partial charge in [-0.05, 0) is 36.2 Å². The van der Waals surface area contributed by atoms with Gasteiger partial charge in [-0.3, -0.25) is 4.99 Å². The highest BCUT2D eigenvalue weighted by atomic mass is 19.1.